The van der Waals surface area contributed by atoms with E-state index in [0.717, 1.165) is 43.9 Å². The van der Waals surface area contributed by atoms with Crippen LogP contribution in [0.1, 0.15) is 5.56 Å². The summed E-state index contributed by atoms with van der Waals surface area (Å²) in [5, 5.41) is 3.32. The normalized spacial score (nSPS) is 16.1. The molecule has 24 heavy (non-hydrogen) atoms. The summed E-state index contributed by atoms with van der Waals surface area (Å²) in [7, 11) is 0. The van der Waals surface area contributed by atoms with Crippen LogP contribution in [0, 0.1) is 0 Å². The minimum absolute atomic E-state index is 0.203. The first-order valence-electron chi connectivity index (χ1n) is 7.88. The molecular weight excluding hydrogens is 317 g/mol. The van der Waals surface area contributed by atoms with Crippen molar-refractivity contribution < 1.29 is 17.9 Å². The quantitative estimate of drug-likeness (QED) is 0.922. The molecule has 2 aromatic carbocycles. The van der Waals surface area contributed by atoms with E-state index in [1.54, 1.807) is 12.1 Å². The zero-order valence-electron chi connectivity index (χ0n) is 13.1. The Morgan fingerprint density at radius 2 is 1.62 bits per heavy atom. The summed E-state index contributed by atoms with van der Waals surface area (Å²) >= 11 is 0. The summed E-state index contributed by atoms with van der Waals surface area (Å²) in [6.45, 7) is 4.77. The summed E-state index contributed by atoms with van der Waals surface area (Å²) in [6.07, 6.45) is -4.66. The number of hydrogen-bond donors (Lipinski definition) is 1. The topological polar surface area (TPSA) is 24.5 Å². The lowest BCUT2D eigenvalue weighted by molar-refractivity contribution is -0.274. The Labute approximate surface area is 139 Å². The lowest BCUT2D eigenvalue weighted by atomic mass is 9.99. The van der Waals surface area contributed by atoms with E-state index in [2.05, 4.69) is 21.0 Å². The van der Waals surface area contributed by atoms with Gasteiger partial charge in [-0.1, -0.05) is 36.4 Å². The number of benzene rings is 2. The zero-order valence-corrected chi connectivity index (χ0v) is 13.1. The Kier molecular flexibility index (Phi) is 5.06. The van der Waals surface area contributed by atoms with Crippen LogP contribution in [-0.2, 0) is 6.54 Å². The number of nitrogens with zero attached hydrogens (tertiary/aromatic N) is 1. The van der Waals surface area contributed by atoms with Gasteiger partial charge in [0.15, 0.2) is 0 Å². The van der Waals surface area contributed by atoms with Gasteiger partial charge in [-0.3, -0.25) is 4.90 Å². The second kappa shape index (κ2) is 7.23. The monoisotopic (exact) mass is 336 g/mol. The Morgan fingerprint density at radius 3 is 2.29 bits per heavy atom. The van der Waals surface area contributed by atoms with Gasteiger partial charge in [-0.15, -0.1) is 13.2 Å². The summed E-state index contributed by atoms with van der Waals surface area (Å²) in [5.74, 6) is -0.203. The molecule has 1 aliphatic rings. The summed E-state index contributed by atoms with van der Waals surface area (Å²) < 4.78 is 40.7. The second-order valence-electron chi connectivity index (χ2n) is 5.76. The molecule has 128 valence electrons. The number of alkyl halides is 3. The fraction of sp³-hybridized carbons (Fsp3) is 0.333. The molecule has 1 heterocycles. The van der Waals surface area contributed by atoms with Gasteiger partial charge in [0.1, 0.15) is 5.75 Å². The number of piperazine rings is 1. The van der Waals surface area contributed by atoms with Gasteiger partial charge in [-0.05, 0) is 28.8 Å². The van der Waals surface area contributed by atoms with Crippen LogP contribution in [0.2, 0.25) is 0 Å². The fourth-order valence-electron chi connectivity index (χ4n) is 2.89. The summed E-state index contributed by atoms with van der Waals surface area (Å²) in [4.78, 5) is 2.37. The van der Waals surface area contributed by atoms with Crippen molar-refractivity contribution in [2.45, 2.75) is 12.9 Å². The van der Waals surface area contributed by atoms with E-state index >= 15 is 0 Å². The molecule has 1 fully saturated rings. The lowest BCUT2D eigenvalue weighted by Crippen LogP contribution is -2.42. The van der Waals surface area contributed by atoms with Gasteiger partial charge in [-0.2, -0.15) is 0 Å². The SMILES string of the molecule is FC(F)(F)Oc1ccc(-c2ccccc2CN2CCNCC2)cc1. The van der Waals surface area contributed by atoms with Gasteiger partial charge in [0.25, 0.3) is 0 Å². The fourth-order valence-corrected chi connectivity index (χ4v) is 2.89. The van der Waals surface area contributed by atoms with E-state index < -0.39 is 6.36 Å². The minimum Gasteiger partial charge on any atom is -0.406 e. The Hall–Kier alpha value is -2.05. The van der Waals surface area contributed by atoms with Crippen LogP contribution in [0.3, 0.4) is 0 Å². The molecule has 3 rings (SSSR count). The predicted molar refractivity (Wildman–Crippen MR) is 86.7 cm³/mol. The van der Waals surface area contributed by atoms with E-state index in [0.29, 0.717) is 0 Å². The Balaban J connectivity index is 1.78. The number of ether oxygens (including phenoxy) is 1. The number of nitrogens with one attached hydrogen (secondary N) is 1. The van der Waals surface area contributed by atoms with Crippen LogP contribution in [0.4, 0.5) is 13.2 Å². The average Bonchev–Trinajstić information content (AvgIpc) is 2.56. The Bertz CT molecular complexity index is 665. The molecule has 0 atom stereocenters. The number of hydrogen-bond acceptors (Lipinski definition) is 3. The van der Waals surface area contributed by atoms with Crippen LogP contribution >= 0.6 is 0 Å². The highest BCUT2D eigenvalue weighted by Gasteiger charge is 2.31. The van der Waals surface area contributed by atoms with Gasteiger partial charge in [0, 0.05) is 32.7 Å². The van der Waals surface area contributed by atoms with E-state index in [1.165, 1.54) is 17.7 Å². The van der Waals surface area contributed by atoms with Crippen molar-refractivity contribution in [3.05, 3.63) is 54.1 Å². The van der Waals surface area contributed by atoms with Gasteiger partial charge >= 0.3 is 6.36 Å². The van der Waals surface area contributed by atoms with Crippen molar-refractivity contribution in [2.75, 3.05) is 26.2 Å². The van der Waals surface area contributed by atoms with Gasteiger partial charge in [0.05, 0.1) is 0 Å². The van der Waals surface area contributed by atoms with Crippen molar-refractivity contribution in [2.24, 2.45) is 0 Å². The van der Waals surface area contributed by atoms with Crippen LogP contribution in [0.15, 0.2) is 48.5 Å². The lowest BCUT2D eigenvalue weighted by Gasteiger charge is -2.28. The molecule has 0 saturated carbocycles. The average molecular weight is 336 g/mol. The molecule has 1 N–H and O–H groups in total. The first-order chi connectivity index (χ1) is 11.5. The molecule has 0 radical (unpaired) electrons. The third-order valence-electron chi connectivity index (χ3n) is 4.02. The highest BCUT2D eigenvalue weighted by Crippen LogP contribution is 2.29. The van der Waals surface area contributed by atoms with Crippen molar-refractivity contribution in [1.29, 1.82) is 0 Å². The third kappa shape index (κ3) is 4.49. The smallest absolute Gasteiger partial charge is 0.406 e. The largest absolute Gasteiger partial charge is 0.573 e. The van der Waals surface area contributed by atoms with Crippen molar-refractivity contribution in [3.8, 4) is 16.9 Å². The van der Waals surface area contributed by atoms with Crippen LogP contribution in [0.25, 0.3) is 11.1 Å². The van der Waals surface area contributed by atoms with Crippen LogP contribution in [0.5, 0.6) is 5.75 Å². The highest BCUT2D eigenvalue weighted by atomic mass is 19.4. The molecule has 3 nitrogen and oxygen atoms in total. The van der Waals surface area contributed by atoms with Crippen LogP contribution < -0.4 is 10.1 Å². The molecular formula is C18H19F3N2O. The Morgan fingerprint density at radius 1 is 0.958 bits per heavy atom. The predicted octanol–water partition coefficient (Wildman–Crippen LogP) is 3.66. The molecule has 1 saturated heterocycles. The van der Waals surface area contributed by atoms with Gasteiger partial charge < -0.3 is 10.1 Å². The van der Waals surface area contributed by atoms with Crippen LogP contribution in [-0.4, -0.2) is 37.4 Å². The van der Waals surface area contributed by atoms with Gasteiger partial charge in [0.2, 0.25) is 0 Å². The molecule has 0 amide bonds. The molecule has 0 bridgehead atoms. The third-order valence-corrected chi connectivity index (χ3v) is 4.02. The first-order valence-corrected chi connectivity index (χ1v) is 7.88. The maximum absolute atomic E-state index is 12.3. The molecule has 1 aliphatic heterocycles. The molecule has 0 unspecified atom stereocenters. The number of halogens is 3. The van der Waals surface area contributed by atoms with Crippen molar-refractivity contribution >= 4 is 0 Å². The molecule has 0 spiro atoms. The van der Waals surface area contributed by atoms with Gasteiger partial charge in [-0.25, -0.2) is 0 Å². The highest BCUT2D eigenvalue weighted by molar-refractivity contribution is 5.68. The van der Waals surface area contributed by atoms with E-state index in [4.69, 9.17) is 0 Å². The molecule has 0 aliphatic carbocycles. The summed E-state index contributed by atoms with van der Waals surface area (Å²) in [5.41, 5.74) is 3.09. The maximum Gasteiger partial charge on any atom is 0.573 e. The van der Waals surface area contributed by atoms with E-state index in [-0.39, 0.29) is 5.75 Å². The molecule has 6 heteroatoms. The second-order valence-corrected chi connectivity index (χ2v) is 5.76. The van der Waals surface area contributed by atoms with E-state index in [1.807, 2.05) is 18.2 Å². The van der Waals surface area contributed by atoms with E-state index in [9.17, 15) is 13.2 Å². The standard InChI is InChI=1S/C18H19F3N2O/c19-18(20,21)24-16-7-5-14(6-8-16)17-4-2-1-3-15(17)13-23-11-9-22-10-12-23/h1-8,22H,9-13H2. The minimum atomic E-state index is -4.66. The zero-order chi connectivity index (χ0) is 17.0. The molecule has 0 aromatic heterocycles. The number of rotatable bonds is 4. The first kappa shape index (κ1) is 16.8. The van der Waals surface area contributed by atoms with Crippen molar-refractivity contribution in [3.63, 3.8) is 0 Å². The molecule has 2 aromatic rings. The maximum atomic E-state index is 12.3. The summed E-state index contributed by atoms with van der Waals surface area (Å²) in [6, 6.07) is 14.0. The van der Waals surface area contributed by atoms with Crippen molar-refractivity contribution in [1.82, 2.24) is 10.2 Å².